The SMILES string of the molecule is C=CC[Si](C)(C)OC(C=C)CC. The summed E-state index contributed by atoms with van der Waals surface area (Å²) in [4.78, 5) is 0. The first-order valence-electron chi connectivity index (χ1n) is 4.47. The average Bonchev–Trinajstić information content (AvgIpc) is 2.00. The highest BCUT2D eigenvalue weighted by molar-refractivity contribution is 6.71. The summed E-state index contributed by atoms with van der Waals surface area (Å²) in [6, 6.07) is 1.01. The minimum Gasteiger partial charge on any atom is -0.411 e. The highest BCUT2D eigenvalue weighted by Crippen LogP contribution is 2.15. The topological polar surface area (TPSA) is 9.23 Å². The van der Waals surface area contributed by atoms with Crippen molar-refractivity contribution in [3.05, 3.63) is 25.3 Å². The molecule has 0 N–H and O–H groups in total. The van der Waals surface area contributed by atoms with Crippen LogP contribution in [0.1, 0.15) is 13.3 Å². The maximum Gasteiger partial charge on any atom is 0.191 e. The first-order chi connectivity index (χ1) is 5.55. The third kappa shape index (κ3) is 4.52. The lowest BCUT2D eigenvalue weighted by molar-refractivity contribution is 0.236. The van der Waals surface area contributed by atoms with Crippen LogP contribution in [0.3, 0.4) is 0 Å². The fraction of sp³-hybridized carbons (Fsp3) is 0.600. The van der Waals surface area contributed by atoms with Gasteiger partial charge in [0.2, 0.25) is 0 Å². The summed E-state index contributed by atoms with van der Waals surface area (Å²) in [5, 5.41) is 0. The van der Waals surface area contributed by atoms with Crippen molar-refractivity contribution in [1.82, 2.24) is 0 Å². The van der Waals surface area contributed by atoms with Crippen molar-refractivity contribution in [2.45, 2.75) is 38.6 Å². The van der Waals surface area contributed by atoms with E-state index in [0.717, 1.165) is 12.5 Å². The van der Waals surface area contributed by atoms with Gasteiger partial charge in [0.15, 0.2) is 8.32 Å². The lowest BCUT2D eigenvalue weighted by Crippen LogP contribution is -2.33. The van der Waals surface area contributed by atoms with E-state index in [4.69, 9.17) is 4.43 Å². The molecule has 0 heterocycles. The second kappa shape index (κ2) is 5.33. The van der Waals surface area contributed by atoms with Gasteiger partial charge in [0.25, 0.3) is 0 Å². The zero-order chi connectivity index (χ0) is 9.61. The van der Waals surface area contributed by atoms with E-state index < -0.39 is 8.32 Å². The lowest BCUT2D eigenvalue weighted by atomic mass is 10.3. The van der Waals surface area contributed by atoms with Gasteiger partial charge in [0.05, 0.1) is 6.10 Å². The first-order valence-corrected chi connectivity index (χ1v) is 7.58. The Hall–Kier alpha value is -0.343. The minimum atomic E-state index is -1.50. The van der Waals surface area contributed by atoms with Crippen molar-refractivity contribution in [1.29, 1.82) is 0 Å². The van der Waals surface area contributed by atoms with Gasteiger partial charge in [0, 0.05) is 0 Å². The molecule has 0 radical (unpaired) electrons. The molecule has 0 aromatic rings. The van der Waals surface area contributed by atoms with Crippen molar-refractivity contribution in [2.75, 3.05) is 0 Å². The maximum absolute atomic E-state index is 5.93. The Balaban J connectivity index is 4.00. The third-order valence-corrected chi connectivity index (χ3v) is 3.98. The Morgan fingerprint density at radius 3 is 2.33 bits per heavy atom. The molecule has 0 aliphatic rings. The molecule has 0 bridgehead atoms. The van der Waals surface area contributed by atoms with Crippen molar-refractivity contribution in [3.63, 3.8) is 0 Å². The zero-order valence-electron chi connectivity index (χ0n) is 8.47. The van der Waals surface area contributed by atoms with Crippen LogP contribution in [-0.2, 0) is 4.43 Å². The third-order valence-electron chi connectivity index (χ3n) is 1.77. The maximum atomic E-state index is 5.93. The Bertz CT molecular complexity index is 152. The molecule has 12 heavy (non-hydrogen) atoms. The normalized spacial score (nSPS) is 13.9. The second-order valence-electron chi connectivity index (χ2n) is 3.55. The van der Waals surface area contributed by atoms with E-state index in [2.05, 4.69) is 33.2 Å². The van der Waals surface area contributed by atoms with Crippen LogP contribution in [0, 0.1) is 0 Å². The molecule has 0 aliphatic heterocycles. The van der Waals surface area contributed by atoms with E-state index in [9.17, 15) is 0 Å². The van der Waals surface area contributed by atoms with Crippen LogP contribution in [0.5, 0.6) is 0 Å². The predicted octanol–water partition coefficient (Wildman–Crippen LogP) is 3.36. The molecular weight excluding hydrogens is 164 g/mol. The summed E-state index contributed by atoms with van der Waals surface area (Å²) < 4.78 is 5.93. The van der Waals surface area contributed by atoms with Gasteiger partial charge < -0.3 is 4.43 Å². The number of rotatable bonds is 6. The van der Waals surface area contributed by atoms with Crippen molar-refractivity contribution in [3.8, 4) is 0 Å². The van der Waals surface area contributed by atoms with Crippen LogP contribution in [0.2, 0.25) is 19.1 Å². The molecule has 2 heteroatoms. The van der Waals surface area contributed by atoms with E-state index in [1.807, 2.05) is 12.2 Å². The molecule has 0 rings (SSSR count). The quantitative estimate of drug-likeness (QED) is 0.454. The van der Waals surface area contributed by atoms with E-state index in [1.165, 1.54) is 0 Å². The van der Waals surface area contributed by atoms with Gasteiger partial charge >= 0.3 is 0 Å². The molecule has 1 nitrogen and oxygen atoms in total. The van der Waals surface area contributed by atoms with Gasteiger partial charge in [0.1, 0.15) is 0 Å². The van der Waals surface area contributed by atoms with Gasteiger partial charge in [-0.3, -0.25) is 0 Å². The number of hydrogen-bond acceptors (Lipinski definition) is 1. The van der Waals surface area contributed by atoms with Crippen LogP contribution in [0.15, 0.2) is 25.3 Å². The summed E-state index contributed by atoms with van der Waals surface area (Å²) >= 11 is 0. The molecule has 0 aromatic carbocycles. The zero-order valence-corrected chi connectivity index (χ0v) is 9.47. The van der Waals surface area contributed by atoms with Gasteiger partial charge in [-0.2, -0.15) is 0 Å². The second-order valence-corrected chi connectivity index (χ2v) is 7.72. The summed E-state index contributed by atoms with van der Waals surface area (Å²) in [7, 11) is -1.50. The Morgan fingerprint density at radius 1 is 1.42 bits per heavy atom. The van der Waals surface area contributed by atoms with Crippen LogP contribution < -0.4 is 0 Å². The molecule has 0 saturated carbocycles. The Morgan fingerprint density at radius 2 is 2.00 bits per heavy atom. The van der Waals surface area contributed by atoms with E-state index in [-0.39, 0.29) is 6.10 Å². The van der Waals surface area contributed by atoms with Gasteiger partial charge in [-0.05, 0) is 25.6 Å². The largest absolute Gasteiger partial charge is 0.411 e. The van der Waals surface area contributed by atoms with E-state index >= 15 is 0 Å². The van der Waals surface area contributed by atoms with E-state index in [0.29, 0.717) is 0 Å². The molecule has 0 spiro atoms. The fourth-order valence-corrected chi connectivity index (χ4v) is 2.98. The van der Waals surface area contributed by atoms with Crippen LogP contribution in [0.4, 0.5) is 0 Å². The molecule has 70 valence electrons. The summed E-state index contributed by atoms with van der Waals surface area (Å²) in [6.07, 6.45) is 5.07. The molecule has 0 amide bonds. The predicted molar refractivity (Wildman–Crippen MR) is 57.8 cm³/mol. The summed E-state index contributed by atoms with van der Waals surface area (Å²) in [5.74, 6) is 0. The molecule has 1 atom stereocenters. The summed E-state index contributed by atoms with van der Waals surface area (Å²) in [6.45, 7) is 14.0. The van der Waals surface area contributed by atoms with Crippen LogP contribution >= 0.6 is 0 Å². The molecular formula is C10H20OSi. The first kappa shape index (κ1) is 11.7. The van der Waals surface area contributed by atoms with Crippen molar-refractivity contribution < 1.29 is 4.43 Å². The minimum absolute atomic E-state index is 0.228. The van der Waals surface area contributed by atoms with Gasteiger partial charge in [-0.1, -0.05) is 19.1 Å². The molecule has 0 saturated heterocycles. The van der Waals surface area contributed by atoms with Crippen molar-refractivity contribution in [2.24, 2.45) is 0 Å². The van der Waals surface area contributed by atoms with Crippen LogP contribution in [-0.4, -0.2) is 14.4 Å². The molecule has 1 unspecified atom stereocenters. The Labute approximate surface area is 77.3 Å². The Kier molecular flexibility index (Phi) is 5.18. The molecule has 0 aromatic heterocycles. The van der Waals surface area contributed by atoms with Gasteiger partial charge in [-0.15, -0.1) is 13.2 Å². The fourth-order valence-electron chi connectivity index (χ4n) is 1.10. The monoisotopic (exact) mass is 184 g/mol. The highest BCUT2D eigenvalue weighted by atomic mass is 28.4. The highest BCUT2D eigenvalue weighted by Gasteiger charge is 2.22. The van der Waals surface area contributed by atoms with Crippen LogP contribution in [0.25, 0.3) is 0 Å². The van der Waals surface area contributed by atoms with Crippen molar-refractivity contribution >= 4 is 8.32 Å². The van der Waals surface area contributed by atoms with Gasteiger partial charge in [-0.25, -0.2) is 0 Å². The lowest BCUT2D eigenvalue weighted by Gasteiger charge is -2.25. The standard InChI is InChI=1S/C10H20OSi/c1-6-9-12(4,5)11-10(7-2)8-3/h6-7,10H,1-2,8-9H2,3-5H3. The molecule has 0 aliphatic carbocycles. The summed E-state index contributed by atoms with van der Waals surface area (Å²) in [5.41, 5.74) is 0. The molecule has 0 fully saturated rings. The number of allylic oxidation sites excluding steroid dienone is 1. The van der Waals surface area contributed by atoms with E-state index in [1.54, 1.807) is 0 Å². The smallest absolute Gasteiger partial charge is 0.191 e. The average molecular weight is 184 g/mol. The number of hydrogen-bond donors (Lipinski definition) is 0.